The fourth-order valence-corrected chi connectivity index (χ4v) is 0.119. The summed E-state index contributed by atoms with van der Waals surface area (Å²) in [6.45, 7) is 0. The van der Waals surface area contributed by atoms with Crippen LogP contribution in [0.4, 0.5) is 4.79 Å². The molecule has 0 saturated carbocycles. The standard InChI is InChI=1S/C3H8N4O/c1-7(2(4)5)3(6)8/h1H3,(H3,4,5)(H2,6,8). The Kier molecular flexibility index (Phi) is 1.81. The smallest absolute Gasteiger partial charge is 0.321 e. The first-order valence-electron chi connectivity index (χ1n) is 1.93. The predicted molar refractivity (Wildman–Crippen MR) is 29.3 cm³/mol. The van der Waals surface area contributed by atoms with Crippen molar-refractivity contribution in [3.63, 3.8) is 0 Å². The zero-order valence-electron chi connectivity index (χ0n) is 4.51. The zero-order valence-corrected chi connectivity index (χ0v) is 4.51. The van der Waals surface area contributed by atoms with E-state index < -0.39 is 6.03 Å². The zero-order chi connectivity index (χ0) is 6.73. The molecule has 0 aliphatic heterocycles. The molecule has 5 N–H and O–H groups in total. The van der Waals surface area contributed by atoms with Crippen LogP contribution in [0, 0.1) is 5.41 Å². The van der Waals surface area contributed by atoms with Gasteiger partial charge in [0.15, 0.2) is 5.96 Å². The van der Waals surface area contributed by atoms with Crippen LogP contribution < -0.4 is 11.5 Å². The van der Waals surface area contributed by atoms with Crippen molar-refractivity contribution in [3.05, 3.63) is 0 Å². The maximum Gasteiger partial charge on any atom is 0.321 e. The number of hydrogen-bond donors (Lipinski definition) is 3. The Bertz CT molecular complexity index is 106. The first-order chi connectivity index (χ1) is 3.55. The summed E-state index contributed by atoms with van der Waals surface area (Å²) >= 11 is 0. The van der Waals surface area contributed by atoms with Gasteiger partial charge in [-0.25, -0.2) is 4.79 Å². The molecule has 0 atom stereocenters. The highest BCUT2D eigenvalue weighted by molar-refractivity contribution is 5.92. The number of urea groups is 1. The summed E-state index contributed by atoms with van der Waals surface area (Å²) in [5.74, 6) is -0.350. The molecule has 0 saturated heterocycles. The second-order valence-electron chi connectivity index (χ2n) is 1.28. The Labute approximate surface area is 46.8 Å². The van der Waals surface area contributed by atoms with Crippen molar-refractivity contribution >= 4 is 12.0 Å². The topological polar surface area (TPSA) is 96.2 Å². The minimum Gasteiger partial charge on any atom is -0.370 e. The summed E-state index contributed by atoms with van der Waals surface area (Å²) in [7, 11) is 1.32. The average Bonchev–Trinajstić information content (AvgIpc) is 1.64. The number of carbonyl (C=O) groups is 1. The number of nitrogens with zero attached hydrogens (tertiary/aromatic N) is 1. The first kappa shape index (κ1) is 6.74. The van der Waals surface area contributed by atoms with Crippen LogP contribution in [0.1, 0.15) is 0 Å². The Morgan fingerprint density at radius 1 is 1.62 bits per heavy atom. The van der Waals surface area contributed by atoms with Crippen LogP contribution in [0.15, 0.2) is 0 Å². The largest absolute Gasteiger partial charge is 0.370 e. The molecular formula is C3H8N4O. The van der Waals surface area contributed by atoms with E-state index in [0.717, 1.165) is 4.90 Å². The highest BCUT2D eigenvalue weighted by atomic mass is 16.2. The molecule has 0 spiro atoms. The van der Waals surface area contributed by atoms with Crippen LogP contribution in [0.3, 0.4) is 0 Å². The molecule has 8 heavy (non-hydrogen) atoms. The van der Waals surface area contributed by atoms with E-state index >= 15 is 0 Å². The summed E-state index contributed by atoms with van der Waals surface area (Å²) in [4.78, 5) is 10.9. The molecule has 0 unspecified atom stereocenters. The molecule has 0 aromatic heterocycles. The molecule has 0 aromatic carbocycles. The lowest BCUT2D eigenvalue weighted by atomic mass is 10.8. The van der Waals surface area contributed by atoms with Gasteiger partial charge in [-0.15, -0.1) is 0 Å². The van der Waals surface area contributed by atoms with Crippen molar-refractivity contribution in [3.8, 4) is 0 Å². The lowest BCUT2D eigenvalue weighted by Gasteiger charge is -2.09. The van der Waals surface area contributed by atoms with Crippen LogP contribution >= 0.6 is 0 Å². The van der Waals surface area contributed by atoms with Crippen LogP contribution in [-0.4, -0.2) is 23.9 Å². The van der Waals surface area contributed by atoms with Gasteiger partial charge in [0.2, 0.25) is 0 Å². The first-order valence-corrected chi connectivity index (χ1v) is 1.93. The van der Waals surface area contributed by atoms with Gasteiger partial charge in [0.05, 0.1) is 0 Å². The third kappa shape index (κ3) is 1.46. The van der Waals surface area contributed by atoms with Crippen LogP contribution in [0.25, 0.3) is 0 Å². The van der Waals surface area contributed by atoms with Gasteiger partial charge >= 0.3 is 6.03 Å². The minimum absolute atomic E-state index is 0.350. The third-order valence-corrected chi connectivity index (χ3v) is 0.692. The van der Waals surface area contributed by atoms with Gasteiger partial charge in [-0.1, -0.05) is 0 Å². The van der Waals surface area contributed by atoms with Gasteiger partial charge in [-0.2, -0.15) is 0 Å². The summed E-state index contributed by atoms with van der Waals surface area (Å²) < 4.78 is 0. The monoisotopic (exact) mass is 116 g/mol. The summed E-state index contributed by atoms with van der Waals surface area (Å²) in [6.07, 6.45) is 0. The molecule has 0 rings (SSSR count). The van der Waals surface area contributed by atoms with E-state index in [1.807, 2.05) is 0 Å². The molecule has 0 aromatic rings. The fraction of sp³-hybridized carbons (Fsp3) is 0.333. The van der Waals surface area contributed by atoms with Crippen molar-refractivity contribution < 1.29 is 4.79 Å². The Morgan fingerprint density at radius 2 is 2.00 bits per heavy atom. The van der Waals surface area contributed by atoms with Gasteiger partial charge in [0.1, 0.15) is 0 Å². The quantitative estimate of drug-likeness (QED) is 0.276. The van der Waals surface area contributed by atoms with Crippen molar-refractivity contribution in [2.24, 2.45) is 11.5 Å². The maximum atomic E-state index is 10.1. The van der Waals surface area contributed by atoms with Crippen molar-refractivity contribution in [1.82, 2.24) is 4.90 Å². The third-order valence-electron chi connectivity index (χ3n) is 0.692. The second kappa shape index (κ2) is 2.15. The lowest BCUT2D eigenvalue weighted by Crippen LogP contribution is -2.41. The Balaban J connectivity index is 3.83. The number of carbonyl (C=O) groups excluding carboxylic acids is 1. The number of hydrogen-bond acceptors (Lipinski definition) is 2. The number of guanidine groups is 1. The van der Waals surface area contributed by atoms with E-state index in [4.69, 9.17) is 16.9 Å². The van der Waals surface area contributed by atoms with E-state index in [0.29, 0.717) is 0 Å². The van der Waals surface area contributed by atoms with E-state index in [1.54, 1.807) is 0 Å². The second-order valence-corrected chi connectivity index (χ2v) is 1.28. The van der Waals surface area contributed by atoms with E-state index in [-0.39, 0.29) is 5.96 Å². The summed E-state index contributed by atoms with van der Waals surface area (Å²) in [5, 5.41) is 6.63. The number of nitrogens with two attached hydrogens (primary N) is 2. The van der Waals surface area contributed by atoms with Crippen molar-refractivity contribution in [2.75, 3.05) is 7.05 Å². The average molecular weight is 116 g/mol. The molecular weight excluding hydrogens is 108 g/mol. The van der Waals surface area contributed by atoms with Crippen LogP contribution in [0.2, 0.25) is 0 Å². The highest BCUT2D eigenvalue weighted by Gasteiger charge is 2.02. The van der Waals surface area contributed by atoms with Gasteiger partial charge in [0.25, 0.3) is 0 Å². The molecule has 0 bridgehead atoms. The molecule has 0 aliphatic carbocycles. The van der Waals surface area contributed by atoms with Gasteiger partial charge < -0.3 is 11.5 Å². The summed E-state index contributed by atoms with van der Waals surface area (Å²) in [5.41, 5.74) is 9.55. The number of nitrogens with one attached hydrogen (secondary N) is 1. The summed E-state index contributed by atoms with van der Waals surface area (Å²) in [6, 6.07) is -0.725. The maximum absolute atomic E-state index is 10.1. The molecule has 0 fully saturated rings. The Hall–Kier alpha value is -1.26. The van der Waals surface area contributed by atoms with E-state index in [9.17, 15) is 4.79 Å². The van der Waals surface area contributed by atoms with E-state index in [2.05, 4.69) is 0 Å². The van der Waals surface area contributed by atoms with Crippen molar-refractivity contribution in [1.29, 1.82) is 5.41 Å². The normalized spacial score (nSPS) is 8.12. The van der Waals surface area contributed by atoms with Crippen molar-refractivity contribution in [2.45, 2.75) is 0 Å². The van der Waals surface area contributed by atoms with E-state index in [1.165, 1.54) is 7.05 Å². The molecule has 0 heterocycles. The molecule has 0 aliphatic rings. The molecule has 5 nitrogen and oxygen atoms in total. The highest BCUT2D eigenvalue weighted by Crippen LogP contribution is 1.74. The number of primary amides is 1. The lowest BCUT2D eigenvalue weighted by molar-refractivity contribution is 0.235. The van der Waals surface area contributed by atoms with Gasteiger partial charge in [-0.05, 0) is 0 Å². The molecule has 0 radical (unpaired) electrons. The van der Waals surface area contributed by atoms with Gasteiger partial charge in [-0.3, -0.25) is 10.3 Å². The minimum atomic E-state index is -0.725. The predicted octanol–water partition coefficient (Wildman–Crippen LogP) is -1.11. The Morgan fingerprint density at radius 3 is 2.00 bits per heavy atom. The molecule has 46 valence electrons. The van der Waals surface area contributed by atoms with Crippen LogP contribution in [-0.2, 0) is 0 Å². The fourth-order valence-electron chi connectivity index (χ4n) is 0.119. The van der Waals surface area contributed by atoms with Gasteiger partial charge in [0, 0.05) is 7.05 Å². The number of rotatable bonds is 0. The van der Waals surface area contributed by atoms with Crippen LogP contribution in [0.5, 0.6) is 0 Å². The molecule has 5 heteroatoms. The SMILES string of the molecule is CN(C(=N)N)C(N)=O. The number of amides is 2. The molecule has 2 amide bonds.